The van der Waals surface area contributed by atoms with Crippen molar-refractivity contribution >= 4 is 0 Å². The summed E-state index contributed by atoms with van der Waals surface area (Å²) in [5.74, 6) is 0.981. The Labute approximate surface area is 94.7 Å². The number of aryl methyl sites for hydroxylation is 2. The summed E-state index contributed by atoms with van der Waals surface area (Å²) in [6, 6.07) is 0. The van der Waals surface area contributed by atoms with Crippen LogP contribution in [0.25, 0.3) is 0 Å². The van der Waals surface area contributed by atoms with Crippen LogP contribution in [0, 0.1) is 0 Å². The van der Waals surface area contributed by atoms with Crippen LogP contribution in [-0.2, 0) is 18.5 Å². The van der Waals surface area contributed by atoms with E-state index in [9.17, 15) is 0 Å². The lowest BCUT2D eigenvalue weighted by molar-refractivity contribution is 0.490. The maximum atomic E-state index is 6.07. The molecule has 2 aromatic heterocycles. The summed E-state index contributed by atoms with van der Waals surface area (Å²) in [6.07, 6.45) is 8.08. The second-order valence-electron chi connectivity index (χ2n) is 4.48. The molecule has 0 aliphatic rings. The van der Waals surface area contributed by atoms with Crippen molar-refractivity contribution in [3.63, 3.8) is 0 Å². The van der Waals surface area contributed by atoms with Crippen LogP contribution in [0.3, 0.4) is 0 Å². The second kappa shape index (κ2) is 4.09. The van der Waals surface area contributed by atoms with Crippen molar-refractivity contribution in [1.29, 1.82) is 0 Å². The number of aromatic amines is 1. The molecule has 0 spiro atoms. The highest BCUT2D eigenvalue weighted by Gasteiger charge is 2.18. The Bertz CT molecular complexity index is 435. The molecule has 16 heavy (non-hydrogen) atoms. The smallest absolute Gasteiger partial charge is 0.107 e. The Hall–Kier alpha value is -1.62. The van der Waals surface area contributed by atoms with Gasteiger partial charge in [0.05, 0.1) is 17.6 Å². The van der Waals surface area contributed by atoms with E-state index in [4.69, 9.17) is 5.73 Å². The van der Waals surface area contributed by atoms with E-state index in [0.29, 0.717) is 0 Å². The number of hydrogen-bond donors (Lipinski definition) is 2. The van der Waals surface area contributed by atoms with Crippen molar-refractivity contribution < 1.29 is 0 Å². The topological polar surface area (TPSA) is 72.5 Å². The molecule has 0 amide bonds. The van der Waals surface area contributed by atoms with Gasteiger partial charge in [-0.3, -0.25) is 0 Å². The summed E-state index contributed by atoms with van der Waals surface area (Å²) in [7, 11) is 0. The SMILES string of the molecule is CC(C)(N)c1cncn1CCc1ncc[nH]1. The molecule has 0 aromatic carbocycles. The highest BCUT2D eigenvalue weighted by atomic mass is 15.1. The summed E-state index contributed by atoms with van der Waals surface area (Å²) in [5.41, 5.74) is 6.75. The predicted octanol–water partition coefficient (Wildman–Crippen LogP) is 1.04. The first kappa shape index (κ1) is 10.9. The fraction of sp³-hybridized carbons (Fsp3) is 0.455. The molecular formula is C11H17N5. The van der Waals surface area contributed by atoms with E-state index in [0.717, 1.165) is 24.5 Å². The molecule has 2 rings (SSSR count). The van der Waals surface area contributed by atoms with Gasteiger partial charge in [0.1, 0.15) is 5.82 Å². The molecule has 2 aromatic rings. The molecule has 0 aliphatic heterocycles. The quantitative estimate of drug-likeness (QED) is 0.807. The van der Waals surface area contributed by atoms with Crippen molar-refractivity contribution in [3.05, 3.63) is 36.4 Å². The van der Waals surface area contributed by atoms with Gasteiger partial charge in [-0.15, -0.1) is 0 Å². The van der Waals surface area contributed by atoms with Crippen molar-refractivity contribution in [2.24, 2.45) is 5.73 Å². The first-order valence-corrected chi connectivity index (χ1v) is 5.35. The van der Waals surface area contributed by atoms with Crippen LogP contribution in [0.5, 0.6) is 0 Å². The van der Waals surface area contributed by atoms with Crippen molar-refractivity contribution in [2.75, 3.05) is 0 Å². The van der Waals surface area contributed by atoms with Gasteiger partial charge < -0.3 is 15.3 Å². The number of nitrogens with two attached hydrogens (primary N) is 1. The molecule has 5 heteroatoms. The molecule has 0 saturated heterocycles. The molecule has 0 aliphatic carbocycles. The highest BCUT2D eigenvalue weighted by molar-refractivity contribution is 5.10. The zero-order valence-corrected chi connectivity index (χ0v) is 9.64. The lowest BCUT2D eigenvalue weighted by atomic mass is 10.0. The molecule has 5 nitrogen and oxygen atoms in total. The monoisotopic (exact) mass is 219 g/mol. The van der Waals surface area contributed by atoms with Gasteiger partial charge in [-0.2, -0.15) is 0 Å². The van der Waals surface area contributed by atoms with E-state index < -0.39 is 0 Å². The summed E-state index contributed by atoms with van der Waals surface area (Å²) < 4.78 is 2.07. The van der Waals surface area contributed by atoms with Crippen LogP contribution in [0.4, 0.5) is 0 Å². The molecule has 0 bridgehead atoms. The maximum Gasteiger partial charge on any atom is 0.107 e. The van der Waals surface area contributed by atoms with E-state index >= 15 is 0 Å². The molecule has 0 atom stereocenters. The van der Waals surface area contributed by atoms with E-state index in [1.165, 1.54) is 0 Å². The molecule has 86 valence electrons. The molecule has 0 radical (unpaired) electrons. The van der Waals surface area contributed by atoms with Crippen LogP contribution >= 0.6 is 0 Å². The van der Waals surface area contributed by atoms with E-state index in [1.807, 2.05) is 32.6 Å². The molecule has 0 fully saturated rings. The minimum absolute atomic E-state index is 0.361. The van der Waals surface area contributed by atoms with E-state index in [1.54, 1.807) is 6.20 Å². The number of rotatable bonds is 4. The highest BCUT2D eigenvalue weighted by Crippen LogP contribution is 2.16. The summed E-state index contributed by atoms with van der Waals surface area (Å²) in [4.78, 5) is 11.4. The third-order valence-electron chi connectivity index (χ3n) is 2.52. The lowest BCUT2D eigenvalue weighted by Crippen LogP contribution is -2.31. The number of H-pyrrole nitrogens is 1. The molecular weight excluding hydrogens is 202 g/mol. The number of nitrogens with zero attached hydrogens (tertiary/aromatic N) is 3. The van der Waals surface area contributed by atoms with Crippen molar-refractivity contribution in [2.45, 2.75) is 32.4 Å². The minimum atomic E-state index is -0.361. The normalized spacial score (nSPS) is 11.9. The third-order valence-corrected chi connectivity index (χ3v) is 2.52. The fourth-order valence-corrected chi connectivity index (χ4v) is 1.70. The Morgan fingerprint density at radius 2 is 2.31 bits per heavy atom. The Balaban J connectivity index is 2.08. The number of hydrogen-bond acceptors (Lipinski definition) is 3. The van der Waals surface area contributed by atoms with Gasteiger partial charge in [-0.05, 0) is 13.8 Å². The van der Waals surface area contributed by atoms with E-state index in [-0.39, 0.29) is 5.54 Å². The zero-order valence-electron chi connectivity index (χ0n) is 9.64. The van der Waals surface area contributed by atoms with Crippen LogP contribution in [0.1, 0.15) is 25.4 Å². The predicted molar refractivity (Wildman–Crippen MR) is 61.7 cm³/mol. The average Bonchev–Trinajstić information content (AvgIpc) is 2.85. The van der Waals surface area contributed by atoms with E-state index in [2.05, 4.69) is 19.5 Å². The van der Waals surface area contributed by atoms with Crippen LogP contribution in [0.15, 0.2) is 24.9 Å². The van der Waals surface area contributed by atoms with Crippen molar-refractivity contribution in [3.8, 4) is 0 Å². The Morgan fingerprint density at radius 1 is 1.50 bits per heavy atom. The van der Waals surface area contributed by atoms with Crippen LogP contribution < -0.4 is 5.73 Å². The third kappa shape index (κ3) is 2.30. The maximum absolute atomic E-state index is 6.07. The van der Waals surface area contributed by atoms with Crippen molar-refractivity contribution in [1.82, 2.24) is 19.5 Å². The zero-order chi connectivity index (χ0) is 11.6. The number of imidazole rings is 2. The fourth-order valence-electron chi connectivity index (χ4n) is 1.70. The first-order chi connectivity index (χ1) is 7.57. The van der Waals surface area contributed by atoms with Gasteiger partial charge in [-0.25, -0.2) is 9.97 Å². The molecule has 0 saturated carbocycles. The van der Waals surface area contributed by atoms with Gasteiger partial charge in [0.15, 0.2) is 0 Å². The average molecular weight is 219 g/mol. The van der Waals surface area contributed by atoms with Gasteiger partial charge in [0, 0.05) is 31.6 Å². The summed E-state index contributed by atoms with van der Waals surface area (Å²) in [6.45, 7) is 4.80. The summed E-state index contributed by atoms with van der Waals surface area (Å²) in [5, 5.41) is 0. The second-order valence-corrected chi connectivity index (χ2v) is 4.48. The number of aromatic nitrogens is 4. The minimum Gasteiger partial charge on any atom is -0.349 e. The Kier molecular flexibility index (Phi) is 2.78. The Morgan fingerprint density at radius 3 is 2.94 bits per heavy atom. The summed E-state index contributed by atoms with van der Waals surface area (Å²) >= 11 is 0. The molecule has 2 heterocycles. The largest absolute Gasteiger partial charge is 0.349 e. The molecule has 0 unspecified atom stereocenters. The van der Waals surface area contributed by atoms with Gasteiger partial charge in [0.2, 0.25) is 0 Å². The van der Waals surface area contributed by atoms with Gasteiger partial charge in [-0.1, -0.05) is 0 Å². The van der Waals surface area contributed by atoms with Crippen LogP contribution in [0.2, 0.25) is 0 Å². The molecule has 3 N–H and O–H groups in total. The van der Waals surface area contributed by atoms with Gasteiger partial charge in [0.25, 0.3) is 0 Å². The first-order valence-electron chi connectivity index (χ1n) is 5.35. The lowest BCUT2D eigenvalue weighted by Gasteiger charge is -2.20. The number of nitrogens with one attached hydrogen (secondary N) is 1. The van der Waals surface area contributed by atoms with Gasteiger partial charge >= 0.3 is 0 Å². The standard InChI is InChI=1S/C11H17N5/c1-11(2,12)9-7-13-8-16(9)6-3-10-14-4-5-15-10/h4-5,7-8H,3,6,12H2,1-2H3,(H,14,15). The van der Waals surface area contributed by atoms with Crippen LogP contribution in [-0.4, -0.2) is 19.5 Å².